The summed E-state index contributed by atoms with van der Waals surface area (Å²) in [7, 11) is -3.25. The standard InChI is InChI=1S/C19H27N3O3S.ClH/c1-26(24,25)22-11-6-15-12-16(4-5-18(15)22)19(23)21-9-7-17(8-10-21)20-13-14-2-3-14;/h4-5,12,14,17,20H,2-3,6-11,13H2,1H3;1H. The minimum atomic E-state index is -3.25. The molecule has 2 aliphatic heterocycles. The molecule has 1 aliphatic carbocycles. The number of halogens is 1. The van der Waals surface area contributed by atoms with Crippen molar-refractivity contribution in [2.24, 2.45) is 5.92 Å². The van der Waals surface area contributed by atoms with Gasteiger partial charge in [0.25, 0.3) is 5.91 Å². The molecule has 1 aromatic rings. The average molecular weight is 414 g/mol. The first-order valence-electron chi connectivity index (χ1n) is 9.55. The van der Waals surface area contributed by atoms with Crippen LogP contribution in [-0.2, 0) is 16.4 Å². The lowest BCUT2D eigenvalue weighted by atomic mass is 10.0. The van der Waals surface area contributed by atoms with E-state index in [-0.39, 0.29) is 18.3 Å². The van der Waals surface area contributed by atoms with Gasteiger partial charge in [0.05, 0.1) is 11.9 Å². The Kier molecular flexibility index (Phi) is 6.03. The highest BCUT2D eigenvalue weighted by Crippen LogP contribution is 2.31. The van der Waals surface area contributed by atoms with E-state index >= 15 is 0 Å². The van der Waals surface area contributed by atoms with Gasteiger partial charge in [-0.2, -0.15) is 0 Å². The number of nitrogens with zero attached hydrogens (tertiary/aromatic N) is 2. The van der Waals surface area contributed by atoms with Crippen LogP contribution in [0, 0.1) is 5.92 Å². The predicted octanol–water partition coefficient (Wildman–Crippen LogP) is 2.03. The lowest BCUT2D eigenvalue weighted by Gasteiger charge is -2.32. The minimum Gasteiger partial charge on any atom is -0.339 e. The number of piperidine rings is 1. The highest BCUT2D eigenvalue weighted by molar-refractivity contribution is 7.92. The summed E-state index contributed by atoms with van der Waals surface area (Å²) in [4.78, 5) is 14.8. The van der Waals surface area contributed by atoms with Crippen molar-refractivity contribution in [3.8, 4) is 0 Å². The van der Waals surface area contributed by atoms with Crippen molar-refractivity contribution >= 4 is 34.0 Å². The van der Waals surface area contributed by atoms with E-state index in [9.17, 15) is 13.2 Å². The average Bonchev–Trinajstić information content (AvgIpc) is 3.35. The molecule has 0 unspecified atom stereocenters. The van der Waals surface area contributed by atoms with Crippen LogP contribution < -0.4 is 9.62 Å². The number of nitrogens with one attached hydrogen (secondary N) is 1. The number of carbonyl (C=O) groups excluding carboxylic acids is 1. The quantitative estimate of drug-likeness (QED) is 0.801. The number of hydrogen-bond donors (Lipinski definition) is 1. The van der Waals surface area contributed by atoms with Crippen molar-refractivity contribution in [3.05, 3.63) is 29.3 Å². The van der Waals surface area contributed by atoms with Crippen molar-refractivity contribution in [2.75, 3.05) is 36.7 Å². The highest BCUT2D eigenvalue weighted by Gasteiger charge is 2.29. The molecule has 0 atom stereocenters. The van der Waals surface area contributed by atoms with Crippen LogP contribution in [0.1, 0.15) is 41.6 Å². The third-order valence-corrected chi connectivity index (χ3v) is 6.93. The second kappa shape index (κ2) is 7.97. The van der Waals surface area contributed by atoms with Gasteiger partial charge in [-0.3, -0.25) is 9.10 Å². The first-order chi connectivity index (χ1) is 12.4. The summed E-state index contributed by atoms with van der Waals surface area (Å²) < 4.78 is 25.1. The number of sulfonamides is 1. The number of hydrogen-bond acceptors (Lipinski definition) is 4. The van der Waals surface area contributed by atoms with Gasteiger partial charge >= 0.3 is 0 Å². The molecule has 1 N–H and O–H groups in total. The third kappa shape index (κ3) is 4.58. The van der Waals surface area contributed by atoms with Crippen molar-refractivity contribution in [1.82, 2.24) is 10.2 Å². The van der Waals surface area contributed by atoms with Crippen LogP contribution in [0.5, 0.6) is 0 Å². The van der Waals surface area contributed by atoms with Crippen molar-refractivity contribution in [2.45, 2.75) is 38.1 Å². The van der Waals surface area contributed by atoms with Gasteiger partial charge in [0.2, 0.25) is 10.0 Å². The Morgan fingerprint density at radius 2 is 1.85 bits per heavy atom. The fourth-order valence-corrected chi connectivity index (χ4v) is 4.93. The van der Waals surface area contributed by atoms with E-state index in [0.717, 1.165) is 44.0 Å². The number of carbonyl (C=O) groups is 1. The van der Waals surface area contributed by atoms with Gasteiger partial charge in [0, 0.05) is 31.2 Å². The summed E-state index contributed by atoms with van der Waals surface area (Å²) in [6.45, 7) is 3.16. The summed E-state index contributed by atoms with van der Waals surface area (Å²) in [6.07, 6.45) is 6.62. The van der Waals surface area contributed by atoms with Gasteiger partial charge in [0.15, 0.2) is 0 Å². The molecule has 3 aliphatic rings. The maximum absolute atomic E-state index is 12.8. The molecule has 0 bridgehead atoms. The van der Waals surface area contributed by atoms with E-state index in [2.05, 4.69) is 5.32 Å². The van der Waals surface area contributed by atoms with Crippen molar-refractivity contribution in [3.63, 3.8) is 0 Å². The number of likely N-dealkylation sites (tertiary alicyclic amines) is 1. The number of fused-ring (bicyclic) bond motifs is 1. The first kappa shape index (κ1) is 20.4. The van der Waals surface area contributed by atoms with Gasteiger partial charge in [-0.25, -0.2) is 8.42 Å². The zero-order chi connectivity index (χ0) is 18.3. The zero-order valence-electron chi connectivity index (χ0n) is 15.7. The van der Waals surface area contributed by atoms with Crippen LogP contribution in [0.3, 0.4) is 0 Å². The maximum Gasteiger partial charge on any atom is 0.253 e. The van der Waals surface area contributed by atoms with Crippen LogP contribution in [0.15, 0.2) is 18.2 Å². The largest absolute Gasteiger partial charge is 0.339 e. The van der Waals surface area contributed by atoms with E-state index in [1.165, 1.54) is 23.4 Å². The number of rotatable bonds is 5. The molecule has 0 aromatic heterocycles. The Balaban J connectivity index is 0.00000210. The van der Waals surface area contributed by atoms with E-state index in [0.29, 0.717) is 30.3 Å². The second-order valence-corrected chi connectivity index (χ2v) is 9.75. The molecular weight excluding hydrogens is 386 g/mol. The third-order valence-electron chi connectivity index (χ3n) is 5.75. The summed E-state index contributed by atoms with van der Waals surface area (Å²) >= 11 is 0. The summed E-state index contributed by atoms with van der Waals surface area (Å²) in [6, 6.07) is 5.95. The molecule has 2 fully saturated rings. The molecule has 4 rings (SSSR count). The van der Waals surface area contributed by atoms with E-state index in [4.69, 9.17) is 0 Å². The van der Waals surface area contributed by atoms with Crippen LogP contribution in [-0.4, -0.2) is 57.7 Å². The lowest BCUT2D eigenvalue weighted by molar-refractivity contribution is 0.0705. The molecule has 0 spiro atoms. The Morgan fingerprint density at radius 1 is 1.15 bits per heavy atom. The minimum absolute atomic E-state index is 0. The van der Waals surface area contributed by atoms with Crippen LogP contribution in [0.25, 0.3) is 0 Å². The number of anilines is 1. The van der Waals surface area contributed by atoms with Gasteiger partial charge in [-0.05, 0) is 68.3 Å². The molecule has 1 saturated heterocycles. The maximum atomic E-state index is 12.8. The van der Waals surface area contributed by atoms with Crippen molar-refractivity contribution in [1.29, 1.82) is 0 Å². The van der Waals surface area contributed by atoms with E-state index in [1.54, 1.807) is 12.1 Å². The topological polar surface area (TPSA) is 69.7 Å². The van der Waals surface area contributed by atoms with E-state index < -0.39 is 10.0 Å². The van der Waals surface area contributed by atoms with Crippen LogP contribution in [0.4, 0.5) is 5.69 Å². The lowest BCUT2D eigenvalue weighted by Crippen LogP contribution is -2.45. The Hall–Kier alpha value is -1.31. The second-order valence-electron chi connectivity index (χ2n) is 7.85. The molecule has 1 aromatic carbocycles. The normalized spacial score (nSPS) is 20.3. The predicted molar refractivity (Wildman–Crippen MR) is 109 cm³/mol. The first-order valence-corrected chi connectivity index (χ1v) is 11.4. The molecule has 8 heteroatoms. The molecule has 2 heterocycles. The molecule has 1 saturated carbocycles. The summed E-state index contributed by atoms with van der Waals surface area (Å²) in [5.41, 5.74) is 2.33. The fraction of sp³-hybridized carbons (Fsp3) is 0.632. The van der Waals surface area contributed by atoms with Gasteiger partial charge < -0.3 is 10.2 Å². The smallest absolute Gasteiger partial charge is 0.253 e. The molecule has 6 nitrogen and oxygen atoms in total. The van der Waals surface area contributed by atoms with Crippen LogP contribution in [0.2, 0.25) is 0 Å². The number of benzene rings is 1. The fourth-order valence-electron chi connectivity index (χ4n) is 3.97. The number of amides is 1. The molecule has 1 amide bonds. The van der Waals surface area contributed by atoms with Gasteiger partial charge in [-0.1, -0.05) is 0 Å². The molecule has 150 valence electrons. The SMILES string of the molecule is CS(=O)(=O)N1CCc2cc(C(=O)N3CCC(NCC4CC4)CC3)ccc21.Cl. The Bertz CT molecular complexity index is 802. The summed E-state index contributed by atoms with van der Waals surface area (Å²) in [5, 5.41) is 3.64. The van der Waals surface area contributed by atoms with Gasteiger partial charge in [-0.15, -0.1) is 12.4 Å². The molecule has 0 radical (unpaired) electrons. The Morgan fingerprint density at radius 3 is 2.48 bits per heavy atom. The van der Waals surface area contributed by atoms with Crippen molar-refractivity contribution < 1.29 is 13.2 Å². The summed E-state index contributed by atoms with van der Waals surface area (Å²) in [5.74, 6) is 0.943. The molecule has 27 heavy (non-hydrogen) atoms. The molecular formula is C19H28ClN3O3S. The monoisotopic (exact) mass is 413 g/mol. The van der Waals surface area contributed by atoms with E-state index in [1.807, 2.05) is 11.0 Å². The highest BCUT2D eigenvalue weighted by atomic mass is 35.5. The van der Waals surface area contributed by atoms with Gasteiger partial charge in [0.1, 0.15) is 0 Å². The van der Waals surface area contributed by atoms with Crippen LogP contribution >= 0.6 is 12.4 Å². The Labute approximate surface area is 167 Å². The zero-order valence-corrected chi connectivity index (χ0v) is 17.3.